The second-order valence-electron chi connectivity index (χ2n) is 4.55. The Labute approximate surface area is 116 Å². The molecule has 2 aromatic rings. The summed E-state index contributed by atoms with van der Waals surface area (Å²) < 4.78 is 0. The molecular weight excluding hydrogens is 260 g/mol. The Morgan fingerprint density at radius 2 is 2.00 bits per heavy atom. The van der Waals surface area contributed by atoms with E-state index < -0.39 is 0 Å². The largest absolute Gasteiger partial charge is 0.333 e. The van der Waals surface area contributed by atoms with E-state index in [9.17, 15) is 4.79 Å². The number of amides is 1. The van der Waals surface area contributed by atoms with E-state index >= 15 is 0 Å². The molecule has 19 heavy (non-hydrogen) atoms. The molecule has 6 heteroatoms. The third-order valence-corrected chi connectivity index (χ3v) is 3.51. The van der Waals surface area contributed by atoms with E-state index in [2.05, 4.69) is 15.0 Å². The molecule has 2 rings (SSSR count). The van der Waals surface area contributed by atoms with E-state index in [0.29, 0.717) is 17.2 Å². The molecule has 100 valence electrons. The van der Waals surface area contributed by atoms with Crippen molar-refractivity contribution < 1.29 is 4.79 Å². The first-order valence-electron chi connectivity index (χ1n) is 6.04. The fourth-order valence-electron chi connectivity index (χ4n) is 1.69. The highest BCUT2D eigenvalue weighted by atomic mass is 32.1. The Kier molecular flexibility index (Phi) is 4.21. The highest BCUT2D eigenvalue weighted by Crippen LogP contribution is 2.23. The molecule has 0 radical (unpaired) electrons. The Morgan fingerprint density at radius 1 is 1.32 bits per heavy atom. The number of thiazole rings is 1. The second kappa shape index (κ2) is 5.88. The number of aromatic nitrogens is 3. The molecular formula is C13H16N4OS. The molecule has 0 unspecified atom stereocenters. The molecule has 1 amide bonds. The monoisotopic (exact) mass is 276 g/mol. The van der Waals surface area contributed by atoms with Crippen molar-refractivity contribution in [2.24, 2.45) is 0 Å². The number of hydrogen-bond donors (Lipinski definition) is 0. The zero-order chi connectivity index (χ0) is 13.8. The Morgan fingerprint density at radius 3 is 2.63 bits per heavy atom. The first kappa shape index (κ1) is 13.6. The van der Waals surface area contributed by atoms with Crippen molar-refractivity contribution in [2.45, 2.75) is 26.3 Å². The van der Waals surface area contributed by atoms with Gasteiger partial charge in [0, 0.05) is 19.4 Å². The summed E-state index contributed by atoms with van der Waals surface area (Å²) in [7, 11) is 1.75. The van der Waals surface area contributed by atoms with Crippen LogP contribution < -0.4 is 0 Å². The van der Waals surface area contributed by atoms with Crippen molar-refractivity contribution in [3.05, 3.63) is 40.4 Å². The summed E-state index contributed by atoms with van der Waals surface area (Å²) in [5.41, 5.74) is 2.57. The predicted octanol–water partition coefficient (Wildman–Crippen LogP) is 2.33. The predicted molar refractivity (Wildman–Crippen MR) is 74.0 cm³/mol. The minimum absolute atomic E-state index is 0.0290. The van der Waals surface area contributed by atoms with Crippen LogP contribution >= 0.6 is 11.3 Å². The van der Waals surface area contributed by atoms with Crippen LogP contribution in [0.4, 0.5) is 0 Å². The van der Waals surface area contributed by atoms with Crippen LogP contribution in [0.1, 0.15) is 41.0 Å². The lowest BCUT2D eigenvalue weighted by Gasteiger charge is -2.16. The van der Waals surface area contributed by atoms with Crippen molar-refractivity contribution in [3.8, 4) is 0 Å². The molecule has 0 saturated carbocycles. The maximum atomic E-state index is 12.4. The maximum absolute atomic E-state index is 12.4. The quantitative estimate of drug-likeness (QED) is 0.860. The van der Waals surface area contributed by atoms with Gasteiger partial charge in [0.2, 0.25) is 0 Å². The Bertz CT molecular complexity index is 553. The minimum Gasteiger partial charge on any atom is -0.333 e. The van der Waals surface area contributed by atoms with Gasteiger partial charge in [-0.05, 0) is 12.0 Å². The SMILES string of the molecule is CC(C)c1ncsc1C(=O)N(C)Cc1ncccn1. The van der Waals surface area contributed by atoms with Crippen LogP contribution in [0.15, 0.2) is 24.0 Å². The third-order valence-electron chi connectivity index (χ3n) is 2.68. The van der Waals surface area contributed by atoms with Crippen LogP contribution in [0.2, 0.25) is 0 Å². The van der Waals surface area contributed by atoms with Crippen LogP contribution in [0.5, 0.6) is 0 Å². The van der Waals surface area contributed by atoms with Gasteiger partial charge in [-0.25, -0.2) is 15.0 Å². The van der Waals surface area contributed by atoms with Gasteiger partial charge >= 0.3 is 0 Å². The number of hydrogen-bond acceptors (Lipinski definition) is 5. The molecule has 0 bridgehead atoms. The lowest BCUT2D eigenvalue weighted by molar-refractivity contribution is 0.0784. The second-order valence-corrected chi connectivity index (χ2v) is 5.40. The summed E-state index contributed by atoms with van der Waals surface area (Å²) in [4.78, 5) is 27.2. The van der Waals surface area contributed by atoms with Gasteiger partial charge in [0.15, 0.2) is 0 Å². The lowest BCUT2D eigenvalue weighted by Crippen LogP contribution is -2.27. The summed E-state index contributed by atoms with van der Waals surface area (Å²) in [6.45, 7) is 4.47. The number of rotatable bonds is 4. The first-order valence-corrected chi connectivity index (χ1v) is 6.92. The van der Waals surface area contributed by atoms with Crippen LogP contribution in [-0.4, -0.2) is 32.8 Å². The van der Waals surface area contributed by atoms with Gasteiger partial charge in [0.1, 0.15) is 10.7 Å². The van der Waals surface area contributed by atoms with Gasteiger partial charge in [0.05, 0.1) is 17.7 Å². The lowest BCUT2D eigenvalue weighted by atomic mass is 10.1. The van der Waals surface area contributed by atoms with E-state index in [1.54, 1.807) is 35.9 Å². The summed E-state index contributed by atoms with van der Waals surface area (Å²) in [5.74, 6) is 0.846. The first-order chi connectivity index (χ1) is 9.09. The summed E-state index contributed by atoms with van der Waals surface area (Å²) in [6, 6.07) is 1.76. The Balaban J connectivity index is 2.13. The van der Waals surface area contributed by atoms with Crippen molar-refractivity contribution in [1.29, 1.82) is 0 Å². The number of nitrogens with zero attached hydrogens (tertiary/aromatic N) is 4. The fourth-order valence-corrected chi connectivity index (χ4v) is 2.63. The van der Waals surface area contributed by atoms with Crippen molar-refractivity contribution in [1.82, 2.24) is 19.9 Å². The highest BCUT2D eigenvalue weighted by Gasteiger charge is 2.20. The standard InChI is InChI=1S/C13H16N4OS/c1-9(2)11-12(19-8-16-11)13(18)17(3)7-10-14-5-4-6-15-10/h4-6,8-9H,7H2,1-3H3. The summed E-state index contributed by atoms with van der Waals surface area (Å²) in [6.07, 6.45) is 3.35. The average Bonchev–Trinajstić information content (AvgIpc) is 2.88. The van der Waals surface area contributed by atoms with Gasteiger partial charge in [-0.1, -0.05) is 13.8 Å². The van der Waals surface area contributed by atoms with Gasteiger partial charge in [-0.2, -0.15) is 0 Å². The number of carbonyl (C=O) groups is 1. The van der Waals surface area contributed by atoms with E-state index in [4.69, 9.17) is 0 Å². The molecule has 0 aliphatic heterocycles. The van der Waals surface area contributed by atoms with Crippen molar-refractivity contribution >= 4 is 17.2 Å². The molecule has 0 aliphatic carbocycles. The summed E-state index contributed by atoms with van der Waals surface area (Å²) in [5, 5.41) is 0. The third kappa shape index (κ3) is 3.14. The molecule has 0 aliphatic rings. The Hall–Kier alpha value is -1.82. The van der Waals surface area contributed by atoms with E-state index in [1.165, 1.54) is 11.3 Å². The van der Waals surface area contributed by atoms with E-state index in [0.717, 1.165) is 5.69 Å². The highest BCUT2D eigenvalue weighted by molar-refractivity contribution is 7.11. The molecule has 0 fully saturated rings. The van der Waals surface area contributed by atoms with Gasteiger partial charge < -0.3 is 4.90 Å². The zero-order valence-corrected chi connectivity index (χ0v) is 12.0. The van der Waals surface area contributed by atoms with Gasteiger partial charge in [-0.3, -0.25) is 4.79 Å². The van der Waals surface area contributed by atoms with Crippen LogP contribution in [0.3, 0.4) is 0 Å². The van der Waals surface area contributed by atoms with Gasteiger partial charge in [0.25, 0.3) is 5.91 Å². The smallest absolute Gasteiger partial charge is 0.266 e. The van der Waals surface area contributed by atoms with Crippen molar-refractivity contribution in [2.75, 3.05) is 7.05 Å². The fraction of sp³-hybridized carbons (Fsp3) is 0.385. The molecule has 0 aromatic carbocycles. The van der Waals surface area contributed by atoms with Gasteiger partial charge in [-0.15, -0.1) is 11.3 Å². The number of carbonyl (C=O) groups excluding carboxylic acids is 1. The average molecular weight is 276 g/mol. The van der Waals surface area contributed by atoms with Crippen LogP contribution in [0, 0.1) is 0 Å². The maximum Gasteiger partial charge on any atom is 0.266 e. The van der Waals surface area contributed by atoms with Crippen LogP contribution in [0.25, 0.3) is 0 Å². The molecule has 0 atom stereocenters. The minimum atomic E-state index is -0.0290. The molecule has 0 N–H and O–H groups in total. The topological polar surface area (TPSA) is 59.0 Å². The molecule has 0 saturated heterocycles. The summed E-state index contributed by atoms with van der Waals surface area (Å²) >= 11 is 1.38. The molecule has 2 aromatic heterocycles. The normalized spacial score (nSPS) is 10.7. The zero-order valence-electron chi connectivity index (χ0n) is 11.2. The van der Waals surface area contributed by atoms with Crippen LogP contribution in [-0.2, 0) is 6.54 Å². The van der Waals surface area contributed by atoms with Crippen molar-refractivity contribution in [3.63, 3.8) is 0 Å². The van der Waals surface area contributed by atoms with E-state index in [1.807, 2.05) is 13.8 Å². The molecule has 5 nitrogen and oxygen atoms in total. The molecule has 0 spiro atoms. The van der Waals surface area contributed by atoms with E-state index in [-0.39, 0.29) is 11.8 Å². The molecule has 2 heterocycles.